The van der Waals surface area contributed by atoms with Crippen molar-refractivity contribution >= 4 is 31.0 Å². The fourth-order valence-electron chi connectivity index (χ4n) is 2.92. The van der Waals surface area contributed by atoms with E-state index in [1.54, 1.807) is 11.0 Å². The van der Waals surface area contributed by atoms with Gasteiger partial charge in [0.05, 0.1) is 6.04 Å². The molecule has 6 nitrogen and oxygen atoms in total. The van der Waals surface area contributed by atoms with E-state index in [1.165, 1.54) is 6.92 Å². The summed E-state index contributed by atoms with van der Waals surface area (Å²) in [5, 5.41) is 0. The van der Waals surface area contributed by atoms with Gasteiger partial charge >= 0.3 is 6.09 Å². The Morgan fingerprint density at radius 3 is 2.52 bits per heavy atom. The molecule has 2 radical (unpaired) electrons. The second-order valence-corrected chi connectivity index (χ2v) is 7.34. The molecule has 25 heavy (non-hydrogen) atoms. The van der Waals surface area contributed by atoms with E-state index in [0.717, 1.165) is 12.1 Å². The normalized spacial score (nSPS) is 18.2. The third-order valence-electron chi connectivity index (χ3n) is 4.19. The lowest BCUT2D eigenvalue weighted by Crippen LogP contribution is -2.56. The minimum Gasteiger partial charge on any atom is -0.444 e. The highest BCUT2D eigenvalue weighted by Crippen LogP contribution is 2.21. The van der Waals surface area contributed by atoms with Gasteiger partial charge in [-0.25, -0.2) is 4.79 Å². The zero-order valence-electron chi connectivity index (χ0n) is 15.7. The summed E-state index contributed by atoms with van der Waals surface area (Å²) in [4.78, 5) is 31.9. The van der Waals surface area contributed by atoms with Gasteiger partial charge < -0.3 is 14.5 Å². The Morgan fingerprint density at radius 2 is 2.00 bits per heavy atom. The molecule has 1 aromatic rings. The molecular formula is C18H26BN3O3. The van der Waals surface area contributed by atoms with Crippen LogP contribution in [0.2, 0.25) is 0 Å². The number of pyridine rings is 1. The number of hydrogen-bond acceptors (Lipinski definition) is 5. The van der Waals surface area contributed by atoms with Crippen molar-refractivity contribution < 1.29 is 14.3 Å². The van der Waals surface area contributed by atoms with Gasteiger partial charge in [-0.3, -0.25) is 9.78 Å². The summed E-state index contributed by atoms with van der Waals surface area (Å²) in [7, 11) is 6.04. The highest BCUT2D eigenvalue weighted by molar-refractivity contribution is 6.34. The zero-order chi connectivity index (χ0) is 18.8. The van der Waals surface area contributed by atoms with E-state index in [1.807, 2.05) is 33.8 Å². The van der Waals surface area contributed by atoms with E-state index in [2.05, 4.69) is 9.88 Å². The van der Waals surface area contributed by atoms with Crippen molar-refractivity contribution in [3.05, 3.63) is 17.8 Å². The number of ketones is 1. The molecule has 0 spiro atoms. The van der Waals surface area contributed by atoms with Crippen LogP contribution in [-0.2, 0) is 4.74 Å². The molecule has 2 heterocycles. The van der Waals surface area contributed by atoms with Gasteiger partial charge in [-0.15, -0.1) is 0 Å². The fraction of sp³-hybridized carbons (Fsp3) is 0.611. The van der Waals surface area contributed by atoms with E-state index in [-0.39, 0.29) is 17.9 Å². The number of hydrogen-bond donors (Lipinski definition) is 0. The van der Waals surface area contributed by atoms with Crippen LogP contribution in [0, 0.1) is 0 Å². The van der Waals surface area contributed by atoms with Gasteiger partial charge in [-0.1, -0.05) is 6.92 Å². The van der Waals surface area contributed by atoms with Gasteiger partial charge in [0, 0.05) is 37.8 Å². The number of ether oxygens (including phenoxy) is 1. The molecule has 1 aliphatic heterocycles. The first-order chi connectivity index (χ1) is 11.6. The van der Waals surface area contributed by atoms with Gasteiger partial charge in [0.25, 0.3) is 0 Å². The molecule has 7 heteroatoms. The molecular weight excluding hydrogens is 317 g/mol. The predicted octanol–water partition coefficient (Wildman–Crippen LogP) is 1.91. The minimum atomic E-state index is -0.511. The molecule has 1 saturated heterocycles. The Bertz CT molecular complexity index is 657. The maximum atomic E-state index is 12.4. The number of carbonyl (C=O) groups excluding carboxylic acids is 2. The van der Waals surface area contributed by atoms with Gasteiger partial charge in [0.15, 0.2) is 5.78 Å². The number of nitrogens with zero attached hydrogens (tertiary/aromatic N) is 3. The summed E-state index contributed by atoms with van der Waals surface area (Å²) in [5.74, 6) is -0.112. The molecule has 0 saturated carbocycles. The molecule has 134 valence electrons. The summed E-state index contributed by atoms with van der Waals surface area (Å²) in [5.41, 5.74) is 0.991. The van der Waals surface area contributed by atoms with Crippen LogP contribution >= 0.6 is 0 Å². The van der Waals surface area contributed by atoms with Crippen LogP contribution < -0.4 is 10.5 Å². The van der Waals surface area contributed by atoms with Crippen molar-refractivity contribution in [3.8, 4) is 0 Å². The van der Waals surface area contributed by atoms with Crippen molar-refractivity contribution in [1.82, 2.24) is 9.88 Å². The molecule has 1 aromatic heterocycles. The number of rotatable bonds is 3. The third kappa shape index (κ3) is 4.74. The van der Waals surface area contributed by atoms with Crippen LogP contribution in [0.3, 0.4) is 0 Å². The molecule has 0 N–H and O–H groups in total. The third-order valence-corrected chi connectivity index (χ3v) is 4.19. The lowest BCUT2D eigenvalue weighted by Gasteiger charge is -2.42. The SMILES string of the molecule is [B]c1nc(C(C)=O)ccc1N1CCN(C(=O)OC(C)(C)C)[C@@H](CC)C1. The summed E-state index contributed by atoms with van der Waals surface area (Å²) in [6.07, 6.45) is 0.534. The largest absolute Gasteiger partial charge is 0.444 e. The van der Waals surface area contributed by atoms with Gasteiger partial charge in [0.1, 0.15) is 19.1 Å². The average molecular weight is 343 g/mol. The van der Waals surface area contributed by atoms with Crippen molar-refractivity contribution in [2.24, 2.45) is 0 Å². The molecule has 2 rings (SSSR count). The number of Topliss-reactive ketones (excluding diaryl/α,β-unsaturated/α-hetero) is 1. The topological polar surface area (TPSA) is 62.7 Å². The van der Waals surface area contributed by atoms with E-state index < -0.39 is 5.60 Å². The van der Waals surface area contributed by atoms with E-state index in [9.17, 15) is 9.59 Å². The van der Waals surface area contributed by atoms with E-state index >= 15 is 0 Å². The molecule has 0 aromatic carbocycles. The summed E-state index contributed by atoms with van der Waals surface area (Å²) >= 11 is 0. The monoisotopic (exact) mass is 343 g/mol. The highest BCUT2D eigenvalue weighted by atomic mass is 16.6. The molecule has 1 fully saturated rings. The average Bonchev–Trinajstić information content (AvgIpc) is 2.52. The van der Waals surface area contributed by atoms with E-state index in [4.69, 9.17) is 12.6 Å². The lowest BCUT2D eigenvalue weighted by atomic mass is 9.98. The predicted molar refractivity (Wildman–Crippen MR) is 98.9 cm³/mol. The number of piperazine rings is 1. The van der Waals surface area contributed by atoms with Crippen molar-refractivity contribution in [2.45, 2.75) is 52.7 Å². The first-order valence-corrected chi connectivity index (χ1v) is 8.64. The quantitative estimate of drug-likeness (QED) is 0.620. The van der Waals surface area contributed by atoms with Crippen molar-refractivity contribution in [2.75, 3.05) is 24.5 Å². The maximum Gasteiger partial charge on any atom is 0.410 e. The minimum absolute atomic E-state index is 0.0375. The molecule has 1 atom stereocenters. The Balaban J connectivity index is 2.13. The zero-order valence-corrected chi connectivity index (χ0v) is 15.7. The second kappa shape index (κ2) is 7.46. The highest BCUT2D eigenvalue weighted by Gasteiger charge is 2.32. The smallest absolute Gasteiger partial charge is 0.410 e. The van der Waals surface area contributed by atoms with Crippen molar-refractivity contribution in [1.29, 1.82) is 0 Å². The van der Waals surface area contributed by atoms with Gasteiger partial charge in [-0.2, -0.15) is 0 Å². The van der Waals surface area contributed by atoms with Gasteiger partial charge in [-0.05, 0) is 39.3 Å². The fourth-order valence-corrected chi connectivity index (χ4v) is 2.92. The van der Waals surface area contributed by atoms with Crippen LogP contribution in [-0.4, -0.2) is 60.9 Å². The summed E-state index contributed by atoms with van der Waals surface area (Å²) in [6, 6.07) is 3.56. The molecule has 0 unspecified atom stereocenters. The maximum absolute atomic E-state index is 12.4. The van der Waals surface area contributed by atoms with E-state index in [0.29, 0.717) is 30.9 Å². The number of carbonyl (C=O) groups is 2. The Kier molecular flexibility index (Phi) is 5.75. The van der Waals surface area contributed by atoms with Crippen LogP contribution in [0.15, 0.2) is 12.1 Å². The van der Waals surface area contributed by atoms with Crippen LogP contribution in [0.5, 0.6) is 0 Å². The van der Waals surface area contributed by atoms with Gasteiger partial charge in [0.2, 0.25) is 0 Å². The molecule has 1 amide bonds. The number of anilines is 1. The van der Waals surface area contributed by atoms with Crippen molar-refractivity contribution in [3.63, 3.8) is 0 Å². The number of aromatic nitrogens is 1. The molecule has 0 aliphatic carbocycles. The molecule has 1 aliphatic rings. The Labute approximate surface area is 150 Å². The Morgan fingerprint density at radius 1 is 1.32 bits per heavy atom. The standard InChI is InChI=1S/C18H26BN3O3/c1-6-13-11-21(9-10-22(13)17(24)25-18(3,4)5)15-8-7-14(12(2)23)20-16(15)19/h7-8,13H,6,9-11H2,1-5H3/t13-/m0/s1. The Hall–Kier alpha value is -2.05. The first-order valence-electron chi connectivity index (χ1n) is 8.64. The summed E-state index contributed by atoms with van der Waals surface area (Å²) < 4.78 is 5.51. The summed E-state index contributed by atoms with van der Waals surface area (Å²) in [6.45, 7) is 11.0. The lowest BCUT2D eigenvalue weighted by molar-refractivity contribution is 0.0137. The molecule has 0 bridgehead atoms. The van der Waals surface area contributed by atoms with Crippen LogP contribution in [0.1, 0.15) is 51.5 Å². The first kappa shape index (κ1) is 19.3. The van der Waals surface area contributed by atoms with Crippen LogP contribution in [0.25, 0.3) is 0 Å². The number of amides is 1. The second-order valence-electron chi connectivity index (χ2n) is 7.34. The van der Waals surface area contributed by atoms with Crippen LogP contribution in [0.4, 0.5) is 10.5 Å².